The van der Waals surface area contributed by atoms with E-state index in [1.807, 2.05) is 41.0 Å². The summed E-state index contributed by atoms with van der Waals surface area (Å²) in [6.45, 7) is 2.15. The van der Waals surface area contributed by atoms with Gasteiger partial charge in [0.1, 0.15) is 6.33 Å². The molecule has 3 aromatic carbocycles. The fraction of sp³-hybridized carbons (Fsp3) is 0.0870. The predicted molar refractivity (Wildman–Crippen MR) is 107 cm³/mol. The molecule has 0 atom stereocenters. The molecule has 136 valence electrons. The van der Waals surface area contributed by atoms with E-state index >= 15 is 0 Å². The van der Waals surface area contributed by atoms with E-state index in [2.05, 4.69) is 17.1 Å². The molecule has 0 unspecified atom stereocenters. The van der Waals surface area contributed by atoms with Crippen molar-refractivity contribution in [3.05, 3.63) is 84.2 Å². The molecule has 1 heterocycles. The van der Waals surface area contributed by atoms with Gasteiger partial charge in [-0.1, -0.05) is 18.2 Å². The zero-order valence-electron chi connectivity index (χ0n) is 15.3. The number of benzene rings is 3. The van der Waals surface area contributed by atoms with Crippen LogP contribution in [0.4, 0.5) is 0 Å². The topological polar surface area (TPSA) is 67.9 Å². The van der Waals surface area contributed by atoms with Gasteiger partial charge in [0.15, 0.2) is 0 Å². The predicted octanol–water partition coefficient (Wildman–Crippen LogP) is 4.74. The van der Waals surface area contributed by atoms with Gasteiger partial charge in [-0.2, -0.15) is 5.26 Å². The van der Waals surface area contributed by atoms with Crippen molar-refractivity contribution in [2.75, 3.05) is 6.61 Å². The molecule has 0 aliphatic rings. The lowest BCUT2D eigenvalue weighted by atomic mass is 10.0. The SMILES string of the molecule is CCOC(=O)c1ccc(-c2ccc3ncn(-c4ccc(C#N)cc4)c3c2)cc1. The van der Waals surface area contributed by atoms with Gasteiger partial charge in [0.2, 0.25) is 0 Å². The number of carbonyl (C=O) groups excluding carboxylic acids is 1. The van der Waals surface area contributed by atoms with Crippen molar-refractivity contribution in [2.45, 2.75) is 6.92 Å². The number of hydrogen-bond acceptors (Lipinski definition) is 4. The third kappa shape index (κ3) is 3.24. The molecule has 0 N–H and O–H groups in total. The molecule has 0 saturated carbocycles. The highest BCUT2D eigenvalue weighted by Gasteiger charge is 2.09. The van der Waals surface area contributed by atoms with Crippen LogP contribution in [0, 0.1) is 11.3 Å². The Morgan fingerprint density at radius 3 is 2.43 bits per heavy atom. The van der Waals surface area contributed by atoms with Crippen molar-refractivity contribution in [3.8, 4) is 22.9 Å². The van der Waals surface area contributed by atoms with Crippen LogP contribution in [0.1, 0.15) is 22.8 Å². The molecule has 4 rings (SSSR count). The summed E-state index contributed by atoms with van der Waals surface area (Å²) >= 11 is 0. The third-order valence-corrected chi connectivity index (χ3v) is 4.55. The highest BCUT2D eigenvalue weighted by Crippen LogP contribution is 2.26. The number of fused-ring (bicyclic) bond motifs is 1. The molecule has 0 saturated heterocycles. The highest BCUT2D eigenvalue weighted by molar-refractivity contribution is 5.90. The molecule has 28 heavy (non-hydrogen) atoms. The van der Waals surface area contributed by atoms with E-state index in [4.69, 9.17) is 10.00 Å². The zero-order chi connectivity index (χ0) is 19.5. The van der Waals surface area contributed by atoms with Crippen LogP contribution in [-0.2, 0) is 4.74 Å². The van der Waals surface area contributed by atoms with Crippen molar-refractivity contribution in [1.29, 1.82) is 5.26 Å². The number of rotatable bonds is 4. The van der Waals surface area contributed by atoms with Gasteiger partial charge in [-0.05, 0) is 66.6 Å². The smallest absolute Gasteiger partial charge is 0.338 e. The summed E-state index contributed by atoms with van der Waals surface area (Å²) in [6.07, 6.45) is 1.78. The Hall–Kier alpha value is -3.91. The molecule has 4 aromatic rings. The Bertz CT molecular complexity index is 1180. The summed E-state index contributed by atoms with van der Waals surface area (Å²) < 4.78 is 7.02. The van der Waals surface area contributed by atoms with Crippen LogP contribution in [0.25, 0.3) is 27.8 Å². The van der Waals surface area contributed by atoms with E-state index in [1.165, 1.54) is 0 Å². The number of carbonyl (C=O) groups is 1. The Labute approximate surface area is 162 Å². The van der Waals surface area contributed by atoms with Gasteiger partial charge >= 0.3 is 5.97 Å². The molecule has 1 aromatic heterocycles. The summed E-state index contributed by atoms with van der Waals surface area (Å²) in [5.74, 6) is -0.316. The van der Waals surface area contributed by atoms with Crippen molar-refractivity contribution in [3.63, 3.8) is 0 Å². The first-order valence-electron chi connectivity index (χ1n) is 8.95. The maximum atomic E-state index is 11.8. The lowest BCUT2D eigenvalue weighted by Crippen LogP contribution is -2.03. The van der Waals surface area contributed by atoms with E-state index < -0.39 is 0 Å². The first-order valence-corrected chi connectivity index (χ1v) is 8.95. The molecular formula is C23H17N3O2. The molecule has 0 spiro atoms. The minimum Gasteiger partial charge on any atom is -0.462 e. The Kier molecular flexibility index (Phi) is 4.61. The van der Waals surface area contributed by atoms with E-state index in [0.717, 1.165) is 27.8 Å². The molecule has 5 heteroatoms. The average molecular weight is 367 g/mol. The minimum absolute atomic E-state index is 0.316. The van der Waals surface area contributed by atoms with Crippen molar-refractivity contribution >= 4 is 17.0 Å². The molecular weight excluding hydrogens is 350 g/mol. The summed E-state index contributed by atoms with van der Waals surface area (Å²) in [4.78, 5) is 16.3. The van der Waals surface area contributed by atoms with Crippen LogP contribution in [0.2, 0.25) is 0 Å². The second-order valence-electron chi connectivity index (χ2n) is 6.27. The Balaban J connectivity index is 1.71. The number of nitrogens with zero attached hydrogens (tertiary/aromatic N) is 3. The molecule has 0 amide bonds. The number of ether oxygens (including phenoxy) is 1. The minimum atomic E-state index is -0.316. The molecule has 5 nitrogen and oxygen atoms in total. The van der Waals surface area contributed by atoms with Crippen LogP contribution in [0.15, 0.2) is 73.1 Å². The Morgan fingerprint density at radius 1 is 1.04 bits per heavy atom. The van der Waals surface area contributed by atoms with Crippen LogP contribution >= 0.6 is 0 Å². The van der Waals surface area contributed by atoms with Gasteiger partial charge < -0.3 is 4.74 Å². The normalized spacial score (nSPS) is 10.6. The van der Waals surface area contributed by atoms with Crippen LogP contribution < -0.4 is 0 Å². The van der Waals surface area contributed by atoms with Gasteiger partial charge in [0, 0.05) is 5.69 Å². The largest absolute Gasteiger partial charge is 0.462 e. The summed E-state index contributed by atoms with van der Waals surface area (Å²) in [5.41, 5.74) is 5.98. The second-order valence-corrected chi connectivity index (χ2v) is 6.27. The fourth-order valence-electron chi connectivity index (χ4n) is 3.10. The maximum absolute atomic E-state index is 11.8. The third-order valence-electron chi connectivity index (χ3n) is 4.55. The van der Waals surface area contributed by atoms with Crippen molar-refractivity contribution in [1.82, 2.24) is 9.55 Å². The van der Waals surface area contributed by atoms with Crippen LogP contribution in [0.5, 0.6) is 0 Å². The fourth-order valence-corrected chi connectivity index (χ4v) is 3.10. The van der Waals surface area contributed by atoms with Crippen LogP contribution in [-0.4, -0.2) is 22.1 Å². The molecule has 0 radical (unpaired) electrons. The number of aromatic nitrogens is 2. The van der Waals surface area contributed by atoms with Gasteiger partial charge in [0.25, 0.3) is 0 Å². The maximum Gasteiger partial charge on any atom is 0.338 e. The summed E-state index contributed by atoms with van der Waals surface area (Å²) in [5, 5.41) is 8.98. The van der Waals surface area contributed by atoms with E-state index in [1.54, 1.807) is 37.5 Å². The number of hydrogen-bond donors (Lipinski definition) is 0. The molecule has 0 fully saturated rings. The molecule has 0 aliphatic heterocycles. The van der Waals surface area contributed by atoms with Gasteiger partial charge in [-0.25, -0.2) is 9.78 Å². The van der Waals surface area contributed by atoms with Gasteiger partial charge in [0.05, 0.1) is 34.8 Å². The number of imidazole rings is 1. The zero-order valence-corrected chi connectivity index (χ0v) is 15.3. The van der Waals surface area contributed by atoms with Gasteiger partial charge in [-0.3, -0.25) is 4.57 Å². The van der Waals surface area contributed by atoms with E-state index in [9.17, 15) is 4.79 Å². The summed E-state index contributed by atoms with van der Waals surface area (Å²) in [6, 6.07) is 22.9. The lowest BCUT2D eigenvalue weighted by Gasteiger charge is -2.07. The summed E-state index contributed by atoms with van der Waals surface area (Å²) in [7, 11) is 0. The first kappa shape index (κ1) is 17.5. The Morgan fingerprint density at radius 2 is 1.75 bits per heavy atom. The van der Waals surface area contributed by atoms with Crippen LogP contribution in [0.3, 0.4) is 0 Å². The highest BCUT2D eigenvalue weighted by atomic mass is 16.5. The first-order chi connectivity index (χ1) is 13.7. The monoisotopic (exact) mass is 367 g/mol. The van der Waals surface area contributed by atoms with E-state index in [-0.39, 0.29) is 5.97 Å². The standard InChI is InChI=1S/C23H17N3O2/c1-2-28-23(27)18-7-5-17(6-8-18)19-9-12-21-22(13-19)26(15-25-21)20-10-3-16(14-24)4-11-20/h3-13,15H,2H2,1H3. The van der Waals surface area contributed by atoms with Gasteiger partial charge in [-0.15, -0.1) is 0 Å². The van der Waals surface area contributed by atoms with Crippen molar-refractivity contribution in [2.24, 2.45) is 0 Å². The quantitative estimate of drug-likeness (QED) is 0.489. The number of esters is 1. The second kappa shape index (κ2) is 7.37. The molecule has 0 bridgehead atoms. The average Bonchev–Trinajstić information content (AvgIpc) is 3.17. The van der Waals surface area contributed by atoms with E-state index in [0.29, 0.717) is 17.7 Å². The van der Waals surface area contributed by atoms with Crippen molar-refractivity contribution < 1.29 is 9.53 Å². The number of nitriles is 1. The molecule has 0 aliphatic carbocycles. The lowest BCUT2D eigenvalue weighted by molar-refractivity contribution is 0.0526.